The first-order valence-corrected chi connectivity index (χ1v) is 9.62. The normalized spacial score (nSPS) is 11.2. The van der Waals surface area contributed by atoms with Crippen LogP contribution in [0.2, 0.25) is 5.02 Å². The van der Waals surface area contributed by atoms with Crippen molar-refractivity contribution in [2.24, 2.45) is 0 Å². The molecule has 4 aromatic rings. The molecule has 0 radical (unpaired) electrons. The van der Waals surface area contributed by atoms with Gasteiger partial charge in [0.1, 0.15) is 11.6 Å². The Balaban J connectivity index is 2.08. The monoisotopic (exact) mass is 407 g/mol. The van der Waals surface area contributed by atoms with E-state index in [1.807, 2.05) is 32.0 Å². The third-order valence-corrected chi connectivity index (χ3v) is 4.90. The van der Waals surface area contributed by atoms with Crippen LogP contribution < -0.4 is 5.32 Å². The van der Waals surface area contributed by atoms with E-state index in [2.05, 4.69) is 15.3 Å². The van der Waals surface area contributed by atoms with Gasteiger partial charge in [0, 0.05) is 39.3 Å². The lowest BCUT2D eigenvalue weighted by Gasteiger charge is -2.16. The third kappa shape index (κ3) is 3.61. The van der Waals surface area contributed by atoms with Gasteiger partial charge in [0.2, 0.25) is 5.95 Å². The lowest BCUT2D eigenvalue weighted by Crippen LogP contribution is -2.12. The molecule has 0 aliphatic heterocycles. The molecule has 0 aliphatic rings. The average Bonchev–Trinajstić information content (AvgIpc) is 2.69. The summed E-state index contributed by atoms with van der Waals surface area (Å²) in [7, 11) is 0. The highest BCUT2D eigenvalue weighted by Gasteiger charge is 2.21. The van der Waals surface area contributed by atoms with Crippen molar-refractivity contribution in [1.29, 1.82) is 0 Å². The molecule has 0 bridgehead atoms. The molecule has 4 nitrogen and oxygen atoms in total. The molecule has 0 atom stereocenters. The molecule has 3 aromatic carbocycles. The number of halogens is 2. The summed E-state index contributed by atoms with van der Waals surface area (Å²) in [5, 5.41) is 15.5. The number of nitrogens with zero attached hydrogens (tertiary/aromatic N) is 2. The molecule has 29 heavy (non-hydrogen) atoms. The molecular weight excluding hydrogens is 389 g/mol. The number of phenolic OH excluding ortho intramolecular Hbond substituents is 1. The Labute approximate surface area is 173 Å². The Kier molecular flexibility index (Phi) is 5.07. The standard InChI is InChI=1S/C23H19ClFN3O/c1-13(2)27-23-26-12-14-11-17(15-7-3-5-9-18(15)24)22(29)20(21(14)28-23)16-8-4-6-10-19(16)25/h3-13,29H,1-2H3,(H,26,27,28). The largest absolute Gasteiger partial charge is 0.507 e. The van der Waals surface area contributed by atoms with E-state index in [4.69, 9.17) is 11.6 Å². The zero-order chi connectivity index (χ0) is 20.5. The Morgan fingerprint density at radius 2 is 1.69 bits per heavy atom. The second-order valence-electron chi connectivity index (χ2n) is 7.04. The minimum atomic E-state index is -0.447. The highest BCUT2D eigenvalue weighted by Crippen LogP contribution is 2.45. The summed E-state index contributed by atoms with van der Waals surface area (Å²) in [5.74, 6) is -0.114. The second kappa shape index (κ2) is 7.68. The first kappa shape index (κ1) is 19.2. The molecule has 0 saturated heterocycles. The highest BCUT2D eigenvalue weighted by molar-refractivity contribution is 6.33. The van der Waals surface area contributed by atoms with E-state index in [9.17, 15) is 9.50 Å². The number of benzene rings is 3. The topological polar surface area (TPSA) is 58.0 Å². The van der Waals surface area contributed by atoms with E-state index in [0.717, 1.165) is 0 Å². The number of hydrogen-bond donors (Lipinski definition) is 2. The van der Waals surface area contributed by atoms with Gasteiger partial charge in [-0.25, -0.2) is 14.4 Å². The molecule has 1 aromatic heterocycles. The van der Waals surface area contributed by atoms with E-state index >= 15 is 0 Å². The maximum absolute atomic E-state index is 14.7. The van der Waals surface area contributed by atoms with Gasteiger partial charge in [0.15, 0.2) is 0 Å². The molecule has 1 heterocycles. The number of hydrogen-bond acceptors (Lipinski definition) is 4. The average molecular weight is 408 g/mol. The Morgan fingerprint density at radius 1 is 1.00 bits per heavy atom. The van der Waals surface area contributed by atoms with Crippen molar-refractivity contribution in [3.8, 4) is 28.0 Å². The highest BCUT2D eigenvalue weighted by atomic mass is 35.5. The van der Waals surface area contributed by atoms with Crippen LogP contribution in [0.15, 0.2) is 60.8 Å². The molecule has 0 unspecified atom stereocenters. The smallest absolute Gasteiger partial charge is 0.223 e. The van der Waals surface area contributed by atoms with Crippen LogP contribution >= 0.6 is 11.6 Å². The summed E-state index contributed by atoms with van der Waals surface area (Å²) in [5.41, 5.74) is 2.18. The van der Waals surface area contributed by atoms with Crippen molar-refractivity contribution in [1.82, 2.24) is 9.97 Å². The molecule has 0 amide bonds. The van der Waals surface area contributed by atoms with Gasteiger partial charge in [0.05, 0.1) is 11.1 Å². The molecule has 2 N–H and O–H groups in total. The maximum atomic E-state index is 14.7. The summed E-state index contributed by atoms with van der Waals surface area (Å²) in [6, 6.07) is 15.4. The molecule has 4 rings (SSSR count). The number of rotatable bonds is 4. The van der Waals surface area contributed by atoms with E-state index in [-0.39, 0.29) is 17.4 Å². The SMILES string of the molecule is CC(C)Nc1ncc2cc(-c3ccccc3Cl)c(O)c(-c3ccccc3F)c2n1. The molecule has 0 spiro atoms. The third-order valence-electron chi connectivity index (χ3n) is 4.57. The van der Waals surface area contributed by atoms with Crippen LogP contribution in [0, 0.1) is 5.82 Å². The van der Waals surface area contributed by atoms with Crippen LogP contribution in [0.5, 0.6) is 5.75 Å². The van der Waals surface area contributed by atoms with E-state index in [1.54, 1.807) is 36.5 Å². The molecular formula is C23H19ClFN3O. The number of phenols is 1. The number of aromatic hydroxyl groups is 1. The number of nitrogens with one attached hydrogen (secondary N) is 1. The van der Waals surface area contributed by atoms with Crippen LogP contribution in [0.1, 0.15) is 13.8 Å². The van der Waals surface area contributed by atoms with Gasteiger partial charge < -0.3 is 10.4 Å². The predicted molar refractivity (Wildman–Crippen MR) is 116 cm³/mol. The van der Waals surface area contributed by atoms with Gasteiger partial charge in [-0.15, -0.1) is 0 Å². The minimum Gasteiger partial charge on any atom is -0.507 e. The first-order valence-electron chi connectivity index (χ1n) is 9.24. The Hall–Kier alpha value is -3.18. The van der Waals surface area contributed by atoms with E-state index < -0.39 is 5.82 Å². The molecule has 0 saturated carbocycles. The van der Waals surface area contributed by atoms with E-state index in [1.165, 1.54) is 6.07 Å². The van der Waals surface area contributed by atoms with Crippen molar-refractivity contribution in [3.05, 3.63) is 71.6 Å². The fourth-order valence-corrected chi connectivity index (χ4v) is 3.54. The Morgan fingerprint density at radius 3 is 2.38 bits per heavy atom. The lowest BCUT2D eigenvalue weighted by atomic mass is 9.94. The number of fused-ring (bicyclic) bond motifs is 1. The molecule has 0 aliphatic carbocycles. The summed E-state index contributed by atoms with van der Waals surface area (Å²) >= 11 is 6.37. The fraction of sp³-hybridized carbons (Fsp3) is 0.130. The number of anilines is 1. The zero-order valence-corrected chi connectivity index (χ0v) is 16.7. The van der Waals surface area contributed by atoms with Crippen molar-refractivity contribution in [2.45, 2.75) is 19.9 Å². The molecule has 6 heteroatoms. The Bertz CT molecular complexity index is 1210. The summed E-state index contributed by atoms with van der Waals surface area (Å²) in [6.07, 6.45) is 1.66. The second-order valence-corrected chi connectivity index (χ2v) is 7.45. The summed E-state index contributed by atoms with van der Waals surface area (Å²) in [6.45, 7) is 3.95. The van der Waals surface area contributed by atoms with Crippen molar-refractivity contribution in [2.75, 3.05) is 5.32 Å². The van der Waals surface area contributed by atoms with Crippen LogP contribution in [0.25, 0.3) is 33.2 Å². The molecule has 0 fully saturated rings. The van der Waals surface area contributed by atoms with Crippen molar-refractivity contribution >= 4 is 28.5 Å². The lowest BCUT2D eigenvalue weighted by molar-refractivity contribution is 0.479. The number of aromatic nitrogens is 2. The fourth-order valence-electron chi connectivity index (χ4n) is 3.30. The quantitative estimate of drug-likeness (QED) is 0.418. The first-order chi connectivity index (χ1) is 14.0. The molecule has 146 valence electrons. The van der Waals surface area contributed by atoms with Gasteiger partial charge in [-0.3, -0.25) is 0 Å². The van der Waals surface area contributed by atoms with Gasteiger partial charge in [-0.05, 0) is 32.0 Å². The van der Waals surface area contributed by atoms with Crippen LogP contribution in [-0.4, -0.2) is 21.1 Å². The summed E-state index contributed by atoms with van der Waals surface area (Å²) < 4.78 is 14.7. The van der Waals surface area contributed by atoms with Crippen LogP contribution in [0.4, 0.5) is 10.3 Å². The minimum absolute atomic E-state index is 0.0788. The predicted octanol–water partition coefficient (Wildman–Crippen LogP) is 6.28. The van der Waals surface area contributed by atoms with Gasteiger partial charge in [0.25, 0.3) is 0 Å². The zero-order valence-electron chi connectivity index (χ0n) is 15.9. The van der Waals surface area contributed by atoms with Gasteiger partial charge in [-0.2, -0.15) is 0 Å². The van der Waals surface area contributed by atoms with Crippen LogP contribution in [-0.2, 0) is 0 Å². The van der Waals surface area contributed by atoms with E-state index in [0.29, 0.717) is 38.6 Å². The van der Waals surface area contributed by atoms with Crippen molar-refractivity contribution < 1.29 is 9.50 Å². The maximum Gasteiger partial charge on any atom is 0.223 e. The van der Waals surface area contributed by atoms with Gasteiger partial charge in [-0.1, -0.05) is 48.0 Å². The summed E-state index contributed by atoms with van der Waals surface area (Å²) in [4.78, 5) is 8.93. The van der Waals surface area contributed by atoms with Crippen molar-refractivity contribution in [3.63, 3.8) is 0 Å². The van der Waals surface area contributed by atoms with Crippen LogP contribution in [0.3, 0.4) is 0 Å². The van der Waals surface area contributed by atoms with Gasteiger partial charge >= 0.3 is 0 Å².